The Morgan fingerprint density at radius 1 is 0.770 bits per heavy atom. The summed E-state index contributed by atoms with van der Waals surface area (Å²) >= 11 is 0. The van der Waals surface area contributed by atoms with Crippen LogP contribution in [0.1, 0.15) is 6.92 Å². The van der Waals surface area contributed by atoms with E-state index < -0.39 is 147 Å². The van der Waals surface area contributed by atoms with Gasteiger partial charge >= 0.3 is 0 Å². The minimum atomic E-state index is -2.21. The van der Waals surface area contributed by atoms with Gasteiger partial charge in [0.2, 0.25) is 17.5 Å². The second-order valence-electron chi connectivity index (χ2n) is 15.3. The molecule has 1 aromatic heterocycles. The van der Waals surface area contributed by atoms with Crippen LogP contribution in [0.15, 0.2) is 45.6 Å². The number of hydrogen-bond acceptors (Lipinski definition) is 23. The minimum Gasteiger partial charge on any atom is -0.508 e. The van der Waals surface area contributed by atoms with E-state index >= 15 is 0 Å². The SMILES string of the molecule is COc1cc(O)c2c(=O)c(O[C@H]3O[C@H](CO[C@@H]4O[C@@H](C)[C@H](O)[C@H](O)[C@H]4O[C@@H]4OC[C@](O)(CO[C@@H]5OC[C@](O)(CO)[C@H]5O)[C@H]4O)[C@H](O)[C@@H](O)[C@H]3O)c(-c3ccc(O)cc3)oc2c1. The fourth-order valence-corrected chi connectivity index (χ4v) is 7.24. The standard InChI is InChI=1S/C38H48O23/c1-14-22(42)26(46)30(61-36-32(49)38(51,13-56-36)12-55-35-31(48)37(50,10-39)11-54-35)34(57-14)53-9-20-23(43)25(45)27(47)33(59-20)60-29-24(44)21-18(41)7-17(52-2)8-19(21)58-28(29)15-3-5-16(40)6-4-15/h3-8,14,20,22-23,25-27,30-36,39-43,45-51H,9-13H2,1-2H3/t14-,20+,22-,23-,25+,26-,27+,30+,31-,32-,33+,34+,35-,36-,37+,38+/m0/s1. The molecule has 0 amide bonds. The Bertz CT molecular complexity index is 2050. The van der Waals surface area contributed by atoms with E-state index in [9.17, 15) is 66.1 Å². The third kappa shape index (κ3) is 8.63. The normalized spacial score (nSPS) is 39.1. The molecule has 4 aliphatic heterocycles. The lowest BCUT2D eigenvalue weighted by atomic mass is 9.98. The van der Waals surface area contributed by atoms with Crippen molar-refractivity contribution in [2.45, 2.75) is 104 Å². The van der Waals surface area contributed by atoms with E-state index in [0.717, 1.165) is 6.07 Å². The zero-order valence-corrected chi connectivity index (χ0v) is 32.4. The predicted octanol–water partition coefficient (Wildman–Crippen LogP) is -4.16. The molecule has 23 nitrogen and oxygen atoms in total. The summed E-state index contributed by atoms with van der Waals surface area (Å²) in [5, 5.41) is 127. The topological polar surface area (TPSA) is 356 Å². The Morgan fingerprint density at radius 3 is 2.11 bits per heavy atom. The van der Waals surface area contributed by atoms with Gasteiger partial charge in [0.25, 0.3) is 0 Å². The number of methoxy groups -OCH3 is 1. The number of phenolic OH excluding ortho intramolecular Hbond substituents is 2. The maximum absolute atomic E-state index is 14.0. The molecular weight excluding hydrogens is 824 g/mol. The number of aliphatic hydroxyl groups excluding tert-OH is 8. The van der Waals surface area contributed by atoms with Gasteiger partial charge in [-0.2, -0.15) is 0 Å². The number of hydrogen-bond donors (Lipinski definition) is 12. The molecule has 4 saturated heterocycles. The Labute approximate surface area is 344 Å². The highest BCUT2D eigenvalue weighted by Crippen LogP contribution is 2.39. The average Bonchev–Trinajstić information content (AvgIpc) is 3.69. The lowest BCUT2D eigenvalue weighted by Gasteiger charge is -2.44. The predicted molar refractivity (Wildman–Crippen MR) is 197 cm³/mol. The van der Waals surface area contributed by atoms with Gasteiger partial charge in [-0.25, -0.2) is 0 Å². The van der Waals surface area contributed by atoms with Crippen LogP contribution in [0.5, 0.6) is 23.0 Å². The van der Waals surface area contributed by atoms with Crippen molar-refractivity contribution in [1.82, 2.24) is 0 Å². The number of benzene rings is 2. The lowest BCUT2D eigenvalue weighted by molar-refractivity contribution is -0.342. The molecule has 0 bridgehead atoms. The van der Waals surface area contributed by atoms with Crippen molar-refractivity contribution in [3.63, 3.8) is 0 Å². The van der Waals surface area contributed by atoms with Crippen LogP contribution in [0.2, 0.25) is 0 Å². The van der Waals surface area contributed by atoms with Gasteiger partial charge in [-0.1, -0.05) is 0 Å². The molecule has 0 radical (unpaired) electrons. The van der Waals surface area contributed by atoms with E-state index in [2.05, 4.69) is 0 Å². The Balaban J connectivity index is 1.08. The first-order valence-corrected chi connectivity index (χ1v) is 19.0. The summed E-state index contributed by atoms with van der Waals surface area (Å²) in [6, 6.07) is 7.83. The summed E-state index contributed by atoms with van der Waals surface area (Å²) in [4.78, 5) is 14.0. The monoisotopic (exact) mass is 872 g/mol. The van der Waals surface area contributed by atoms with Crippen LogP contribution >= 0.6 is 0 Å². The Hall–Kier alpha value is -3.83. The molecule has 12 N–H and O–H groups in total. The van der Waals surface area contributed by atoms with Gasteiger partial charge in [0.1, 0.15) is 94.4 Å². The highest BCUT2D eigenvalue weighted by molar-refractivity contribution is 5.88. The Morgan fingerprint density at radius 2 is 1.44 bits per heavy atom. The van der Waals surface area contributed by atoms with Gasteiger partial charge in [0.05, 0.1) is 46.2 Å². The third-order valence-corrected chi connectivity index (χ3v) is 11.1. The molecule has 7 rings (SSSR count). The number of aliphatic hydroxyl groups is 10. The molecule has 0 aliphatic carbocycles. The molecule has 0 saturated carbocycles. The maximum Gasteiger partial charge on any atom is 0.239 e. The molecule has 2 aromatic carbocycles. The zero-order chi connectivity index (χ0) is 44.1. The molecule has 4 fully saturated rings. The molecule has 0 unspecified atom stereocenters. The van der Waals surface area contributed by atoms with E-state index in [4.69, 9.17) is 47.0 Å². The van der Waals surface area contributed by atoms with Crippen LogP contribution in [0, 0.1) is 0 Å². The van der Waals surface area contributed by atoms with Crippen molar-refractivity contribution in [2.24, 2.45) is 0 Å². The second-order valence-corrected chi connectivity index (χ2v) is 15.3. The first-order chi connectivity index (χ1) is 28.9. The van der Waals surface area contributed by atoms with Crippen LogP contribution in [-0.4, -0.2) is 199 Å². The first-order valence-electron chi connectivity index (χ1n) is 19.0. The van der Waals surface area contributed by atoms with Gasteiger partial charge in [-0.3, -0.25) is 4.79 Å². The maximum atomic E-state index is 14.0. The van der Waals surface area contributed by atoms with Crippen LogP contribution in [-0.2, 0) is 33.2 Å². The highest BCUT2D eigenvalue weighted by Gasteiger charge is 2.55. The summed E-state index contributed by atoms with van der Waals surface area (Å²) in [6.07, 6.45) is -24.0. The van der Waals surface area contributed by atoms with E-state index in [1.165, 1.54) is 44.4 Å². The van der Waals surface area contributed by atoms with Crippen LogP contribution in [0.3, 0.4) is 0 Å². The van der Waals surface area contributed by atoms with Crippen molar-refractivity contribution in [1.29, 1.82) is 0 Å². The fraction of sp³-hybridized carbons (Fsp3) is 0.605. The quantitative estimate of drug-likeness (QED) is 0.0775. The van der Waals surface area contributed by atoms with Gasteiger partial charge in [-0.15, -0.1) is 0 Å². The van der Waals surface area contributed by atoms with Crippen LogP contribution in [0.4, 0.5) is 0 Å². The van der Waals surface area contributed by atoms with Crippen molar-refractivity contribution >= 4 is 11.0 Å². The molecule has 5 heterocycles. The molecule has 4 aliphatic rings. The largest absolute Gasteiger partial charge is 0.508 e. The lowest BCUT2D eigenvalue weighted by Crippen LogP contribution is -2.62. The van der Waals surface area contributed by atoms with Gasteiger partial charge in [0, 0.05) is 17.7 Å². The fourth-order valence-electron chi connectivity index (χ4n) is 7.24. The zero-order valence-electron chi connectivity index (χ0n) is 32.4. The van der Waals surface area contributed by atoms with Gasteiger partial charge < -0.3 is 108 Å². The van der Waals surface area contributed by atoms with E-state index in [-0.39, 0.29) is 33.8 Å². The van der Waals surface area contributed by atoms with E-state index in [1.54, 1.807) is 0 Å². The average molecular weight is 873 g/mol. The molecule has 61 heavy (non-hydrogen) atoms. The van der Waals surface area contributed by atoms with Crippen molar-refractivity contribution < 1.29 is 108 Å². The smallest absolute Gasteiger partial charge is 0.239 e. The number of ether oxygens (including phenoxy) is 9. The summed E-state index contributed by atoms with van der Waals surface area (Å²) in [5.41, 5.74) is -5.11. The summed E-state index contributed by atoms with van der Waals surface area (Å²) in [5.74, 6) is -1.39. The van der Waals surface area contributed by atoms with Crippen molar-refractivity contribution in [3.8, 4) is 34.3 Å². The molecule has 0 spiro atoms. The van der Waals surface area contributed by atoms with E-state index in [1.807, 2.05) is 0 Å². The Kier molecular flexibility index (Phi) is 13.1. The molecule has 16 atom stereocenters. The minimum absolute atomic E-state index is 0.125. The highest BCUT2D eigenvalue weighted by atomic mass is 16.8. The number of rotatable bonds is 13. The number of fused-ring (bicyclic) bond motifs is 1. The summed E-state index contributed by atoms with van der Waals surface area (Å²) in [6.45, 7) is -2.01. The second kappa shape index (κ2) is 17.7. The van der Waals surface area contributed by atoms with Crippen molar-refractivity contribution in [2.75, 3.05) is 40.1 Å². The summed E-state index contributed by atoms with van der Waals surface area (Å²) in [7, 11) is 1.33. The number of aromatic hydroxyl groups is 2. The van der Waals surface area contributed by atoms with Gasteiger partial charge in [0.15, 0.2) is 24.6 Å². The summed E-state index contributed by atoms with van der Waals surface area (Å²) < 4.78 is 56.2. The number of phenols is 2. The first kappa shape index (κ1) is 45.2. The van der Waals surface area contributed by atoms with Crippen molar-refractivity contribution in [3.05, 3.63) is 46.6 Å². The molecule has 3 aromatic rings. The molecule has 338 valence electrons. The molecular formula is C38H48O23. The molecule has 23 heteroatoms. The third-order valence-electron chi connectivity index (χ3n) is 11.1. The van der Waals surface area contributed by atoms with Crippen LogP contribution < -0.4 is 14.9 Å². The van der Waals surface area contributed by atoms with Crippen LogP contribution in [0.25, 0.3) is 22.3 Å². The van der Waals surface area contributed by atoms with Gasteiger partial charge in [-0.05, 0) is 31.2 Å². The van der Waals surface area contributed by atoms with E-state index in [0.29, 0.717) is 0 Å².